The maximum Gasteiger partial charge on any atom is 0.243 e. The van der Waals surface area contributed by atoms with Crippen molar-refractivity contribution in [3.63, 3.8) is 0 Å². The van der Waals surface area contributed by atoms with Gasteiger partial charge in [-0.25, -0.2) is 13.1 Å². The molecule has 0 aliphatic carbocycles. The average molecular weight is 337 g/mol. The van der Waals surface area contributed by atoms with Gasteiger partial charge in [-0.05, 0) is 24.6 Å². The van der Waals surface area contributed by atoms with E-state index >= 15 is 0 Å². The number of nitrogens with one attached hydrogen (secondary N) is 1. The summed E-state index contributed by atoms with van der Waals surface area (Å²) in [6, 6.07) is 4.47. The molecule has 19 heavy (non-hydrogen) atoms. The predicted octanol–water partition coefficient (Wildman–Crippen LogP) is 3.49. The van der Waals surface area contributed by atoms with Crippen LogP contribution in [-0.2, 0) is 10.0 Å². The van der Waals surface area contributed by atoms with Crippen LogP contribution in [0.25, 0.3) is 0 Å². The number of halogens is 2. The van der Waals surface area contributed by atoms with Crippen LogP contribution in [0.15, 0.2) is 35.5 Å². The second-order valence-electron chi connectivity index (χ2n) is 3.82. The molecular formula is C11H10Cl2N2O2S2. The maximum absolute atomic E-state index is 12.2. The van der Waals surface area contributed by atoms with Crippen molar-refractivity contribution < 1.29 is 8.42 Å². The summed E-state index contributed by atoms with van der Waals surface area (Å²) in [7, 11) is -3.70. The van der Waals surface area contributed by atoms with Gasteiger partial charge in [0, 0.05) is 18.4 Å². The van der Waals surface area contributed by atoms with Gasteiger partial charge in [-0.3, -0.25) is 4.98 Å². The van der Waals surface area contributed by atoms with Gasteiger partial charge in [-0.1, -0.05) is 29.3 Å². The monoisotopic (exact) mass is 336 g/mol. The van der Waals surface area contributed by atoms with Gasteiger partial charge >= 0.3 is 0 Å². The first kappa shape index (κ1) is 14.7. The van der Waals surface area contributed by atoms with Gasteiger partial charge in [-0.2, -0.15) is 0 Å². The smallest absolute Gasteiger partial charge is 0.243 e. The zero-order chi connectivity index (χ0) is 14.0. The van der Waals surface area contributed by atoms with Crippen molar-refractivity contribution in [2.45, 2.75) is 17.9 Å². The van der Waals surface area contributed by atoms with E-state index in [1.807, 2.05) is 0 Å². The lowest BCUT2D eigenvalue weighted by molar-refractivity contribution is 0.567. The van der Waals surface area contributed by atoms with E-state index in [-0.39, 0.29) is 9.23 Å². The molecule has 1 unspecified atom stereocenters. The molecule has 0 saturated carbocycles. The number of rotatable bonds is 4. The molecule has 0 aliphatic heterocycles. The van der Waals surface area contributed by atoms with Gasteiger partial charge in [0.2, 0.25) is 10.0 Å². The highest BCUT2D eigenvalue weighted by atomic mass is 35.5. The van der Waals surface area contributed by atoms with E-state index in [2.05, 4.69) is 9.71 Å². The van der Waals surface area contributed by atoms with Crippen molar-refractivity contribution in [3.8, 4) is 0 Å². The van der Waals surface area contributed by atoms with E-state index in [0.29, 0.717) is 4.34 Å². The Morgan fingerprint density at radius 3 is 2.68 bits per heavy atom. The minimum Gasteiger partial charge on any atom is -0.264 e. The minimum absolute atomic E-state index is 0.0000861. The number of sulfonamides is 1. The van der Waals surface area contributed by atoms with Crippen molar-refractivity contribution in [2.75, 3.05) is 0 Å². The fraction of sp³-hybridized carbons (Fsp3) is 0.182. The number of aromatic nitrogens is 1. The van der Waals surface area contributed by atoms with Crippen LogP contribution in [0.5, 0.6) is 0 Å². The highest BCUT2D eigenvalue weighted by Crippen LogP contribution is 2.34. The van der Waals surface area contributed by atoms with Gasteiger partial charge in [0.15, 0.2) is 0 Å². The molecule has 0 aliphatic rings. The van der Waals surface area contributed by atoms with Gasteiger partial charge in [0.25, 0.3) is 0 Å². The second kappa shape index (κ2) is 5.76. The number of nitrogens with zero attached hydrogens (tertiary/aromatic N) is 1. The molecule has 0 radical (unpaired) electrons. The van der Waals surface area contributed by atoms with Crippen LogP contribution >= 0.6 is 34.5 Å². The summed E-state index contributed by atoms with van der Waals surface area (Å²) in [6.07, 6.45) is 3.23. The third kappa shape index (κ3) is 3.46. The lowest BCUT2D eigenvalue weighted by Crippen LogP contribution is -2.26. The first-order valence-corrected chi connectivity index (χ1v) is 8.33. The lowest BCUT2D eigenvalue weighted by atomic mass is 10.2. The zero-order valence-electron chi connectivity index (χ0n) is 9.80. The van der Waals surface area contributed by atoms with Crippen LogP contribution in [0.4, 0.5) is 0 Å². The second-order valence-corrected chi connectivity index (χ2v) is 7.79. The summed E-state index contributed by atoms with van der Waals surface area (Å²) in [6.45, 7) is 1.73. The molecule has 102 valence electrons. The van der Waals surface area contributed by atoms with Crippen LogP contribution in [0.2, 0.25) is 8.67 Å². The number of pyridine rings is 1. The van der Waals surface area contributed by atoms with E-state index in [1.54, 1.807) is 31.5 Å². The molecule has 0 bridgehead atoms. The summed E-state index contributed by atoms with van der Waals surface area (Å²) in [4.78, 5) is 3.95. The summed E-state index contributed by atoms with van der Waals surface area (Å²) < 4.78 is 27.4. The Morgan fingerprint density at radius 1 is 1.42 bits per heavy atom. The summed E-state index contributed by atoms with van der Waals surface area (Å²) in [5.41, 5.74) is 0.767. The molecule has 2 rings (SSSR count). The van der Waals surface area contributed by atoms with Crippen molar-refractivity contribution in [1.29, 1.82) is 0 Å². The Kier molecular flexibility index (Phi) is 4.47. The van der Waals surface area contributed by atoms with Gasteiger partial charge < -0.3 is 0 Å². The normalized spacial score (nSPS) is 13.4. The lowest BCUT2D eigenvalue weighted by Gasteiger charge is -2.13. The van der Waals surface area contributed by atoms with Gasteiger partial charge in [0.1, 0.15) is 9.23 Å². The first-order chi connectivity index (χ1) is 8.90. The molecule has 0 amide bonds. The molecule has 2 aromatic rings. The van der Waals surface area contributed by atoms with E-state index in [9.17, 15) is 8.42 Å². The molecule has 0 spiro atoms. The summed E-state index contributed by atoms with van der Waals surface area (Å²) >= 11 is 12.6. The predicted molar refractivity (Wildman–Crippen MR) is 77.3 cm³/mol. The zero-order valence-corrected chi connectivity index (χ0v) is 12.9. The van der Waals surface area contributed by atoms with Crippen molar-refractivity contribution in [3.05, 3.63) is 44.8 Å². The van der Waals surface area contributed by atoms with Crippen LogP contribution in [0.3, 0.4) is 0 Å². The fourth-order valence-electron chi connectivity index (χ4n) is 1.50. The van der Waals surface area contributed by atoms with Crippen LogP contribution < -0.4 is 4.72 Å². The average Bonchev–Trinajstić information content (AvgIpc) is 2.70. The topological polar surface area (TPSA) is 59.1 Å². The number of hydrogen-bond donors (Lipinski definition) is 1. The molecule has 1 atom stereocenters. The van der Waals surface area contributed by atoms with E-state index in [4.69, 9.17) is 23.2 Å². The number of thiophene rings is 1. The molecule has 2 aromatic heterocycles. The highest BCUT2D eigenvalue weighted by Gasteiger charge is 2.23. The van der Waals surface area contributed by atoms with Gasteiger partial charge in [-0.15, -0.1) is 11.3 Å². The Morgan fingerprint density at radius 2 is 2.16 bits per heavy atom. The van der Waals surface area contributed by atoms with E-state index < -0.39 is 16.1 Å². The molecule has 8 heteroatoms. The third-order valence-electron chi connectivity index (χ3n) is 2.43. The Hall–Kier alpha value is -0.660. The minimum atomic E-state index is -3.70. The fourth-order valence-corrected chi connectivity index (χ4v) is 4.89. The molecule has 0 fully saturated rings. The largest absolute Gasteiger partial charge is 0.264 e. The van der Waals surface area contributed by atoms with Crippen molar-refractivity contribution in [1.82, 2.24) is 9.71 Å². The SMILES string of the molecule is CC(NS(=O)(=O)c1cc(Cl)sc1Cl)c1cccnc1. The summed E-state index contributed by atoms with van der Waals surface area (Å²) in [5, 5.41) is 0. The molecule has 0 saturated heterocycles. The summed E-state index contributed by atoms with van der Waals surface area (Å²) in [5.74, 6) is 0. The molecule has 4 nitrogen and oxygen atoms in total. The first-order valence-electron chi connectivity index (χ1n) is 5.27. The van der Waals surface area contributed by atoms with Crippen LogP contribution in [0, 0.1) is 0 Å². The van der Waals surface area contributed by atoms with Gasteiger partial charge in [0.05, 0.1) is 4.34 Å². The van der Waals surface area contributed by atoms with Crippen molar-refractivity contribution in [2.24, 2.45) is 0 Å². The van der Waals surface area contributed by atoms with Crippen LogP contribution in [0.1, 0.15) is 18.5 Å². The molecule has 2 heterocycles. The quantitative estimate of drug-likeness (QED) is 0.929. The van der Waals surface area contributed by atoms with Crippen LogP contribution in [-0.4, -0.2) is 13.4 Å². The molecular weight excluding hydrogens is 327 g/mol. The number of hydrogen-bond acceptors (Lipinski definition) is 4. The van der Waals surface area contributed by atoms with Crippen molar-refractivity contribution >= 4 is 44.6 Å². The van der Waals surface area contributed by atoms with E-state index in [1.165, 1.54) is 6.07 Å². The standard InChI is InChI=1S/C11H10Cl2N2O2S2/c1-7(8-3-2-4-14-6-8)15-19(16,17)9-5-10(12)18-11(9)13/h2-7,15H,1H3. The highest BCUT2D eigenvalue weighted by molar-refractivity contribution is 7.89. The maximum atomic E-state index is 12.2. The third-order valence-corrected chi connectivity index (χ3v) is 5.72. The van der Waals surface area contributed by atoms with E-state index in [0.717, 1.165) is 16.9 Å². The molecule has 1 N–H and O–H groups in total. The Bertz CT molecular complexity index is 671. The molecule has 0 aromatic carbocycles. The Balaban J connectivity index is 2.25. The Labute approximate surface area is 125 Å².